The topological polar surface area (TPSA) is 96.0 Å². The monoisotopic (exact) mass is 525 g/mol. The van der Waals surface area contributed by atoms with Gasteiger partial charge in [0.05, 0.1) is 0 Å². The van der Waals surface area contributed by atoms with Gasteiger partial charge in [0.25, 0.3) is 5.91 Å². The lowest BCUT2D eigenvalue weighted by Crippen LogP contribution is -2.58. The van der Waals surface area contributed by atoms with Gasteiger partial charge in [-0.15, -0.1) is 0 Å². The lowest BCUT2D eigenvalue weighted by atomic mass is 9.60. The van der Waals surface area contributed by atoms with Crippen LogP contribution in [0.5, 0.6) is 0 Å². The summed E-state index contributed by atoms with van der Waals surface area (Å²) in [4.78, 5) is 27.5. The van der Waals surface area contributed by atoms with Crippen LogP contribution in [0.15, 0.2) is 83.9 Å². The Morgan fingerprint density at radius 1 is 1.00 bits per heavy atom. The summed E-state index contributed by atoms with van der Waals surface area (Å²) in [5.41, 5.74) is 2.31. The Hall–Kier alpha value is -4.09. The normalized spacial score (nSPS) is 23.6. The van der Waals surface area contributed by atoms with Gasteiger partial charge in [-0.1, -0.05) is 78.9 Å². The number of carbonyl (C=O) groups excluding carboxylic acids is 1. The second-order valence-corrected chi connectivity index (χ2v) is 8.28. The maximum absolute atomic E-state index is 14.9. The van der Waals surface area contributed by atoms with Gasteiger partial charge in [0.15, 0.2) is 11.5 Å². The SMILES string of the molecule is CN1C(=O)C(c2ccccc2)(C2(C(F)(F)F)C=CC=C(c3ccccc3)C2)N=C1N.O=C(O)C(F)(F)F. The third-order valence-electron chi connectivity index (χ3n) is 6.12. The number of aliphatic imine (C=N–C) groups is 1. The first-order chi connectivity index (χ1) is 17.2. The first kappa shape index (κ1) is 27.5. The third kappa shape index (κ3) is 4.83. The summed E-state index contributed by atoms with van der Waals surface area (Å²) in [5, 5.41) is 7.12. The first-order valence-corrected chi connectivity index (χ1v) is 10.7. The van der Waals surface area contributed by atoms with Crippen LogP contribution in [0.1, 0.15) is 17.5 Å². The smallest absolute Gasteiger partial charge is 0.475 e. The highest BCUT2D eigenvalue weighted by molar-refractivity contribution is 6.08. The number of guanidine groups is 1. The molecule has 2 unspecified atom stereocenters. The van der Waals surface area contributed by atoms with Crippen LogP contribution in [0.2, 0.25) is 0 Å². The molecule has 37 heavy (non-hydrogen) atoms. The van der Waals surface area contributed by atoms with Crippen molar-refractivity contribution in [3.8, 4) is 0 Å². The van der Waals surface area contributed by atoms with E-state index in [1.807, 2.05) is 0 Å². The number of aliphatic carboxylic acids is 1. The summed E-state index contributed by atoms with van der Waals surface area (Å²) in [6.07, 6.45) is -6.24. The fourth-order valence-electron chi connectivity index (χ4n) is 4.30. The minimum absolute atomic E-state index is 0.151. The average molecular weight is 525 g/mol. The molecule has 1 heterocycles. The molecule has 2 aromatic rings. The van der Waals surface area contributed by atoms with E-state index in [2.05, 4.69) is 4.99 Å². The summed E-state index contributed by atoms with van der Waals surface area (Å²) in [6, 6.07) is 16.7. The van der Waals surface area contributed by atoms with Gasteiger partial charge in [0, 0.05) is 7.05 Å². The van der Waals surface area contributed by atoms with E-state index in [0.29, 0.717) is 11.1 Å². The van der Waals surface area contributed by atoms with Crippen LogP contribution in [-0.4, -0.2) is 47.2 Å². The number of nitrogens with two attached hydrogens (primary N) is 1. The van der Waals surface area contributed by atoms with Crippen molar-refractivity contribution in [2.24, 2.45) is 16.1 Å². The minimum atomic E-state index is -5.08. The molecule has 0 spiro atoms. The molecule has 0 saturated heterocycles. The highest BCUT2D eigenvalue weighted by Crippen LogP contribution is 2.61. The van der Waals surface area contributed by atoms with Crippen molar-refractivity contribution < 1.29 is 41.0 Å². The number of hydrogen-bond acceptors (Lipinski definition) is 4. The molecule has 4 rings (SSSR count). The zero-order valence-corrected chi connectivity index (χ0v) is 19.2. The molecule has 0 radical (unpaired) electrons. The number of benzene rings is 2. The van der Waals surface area contributed by atoms with Crippen LogP contribution in [0.4, 0.5) is 26.3 Å². The van der Waals surface area contributed by atoms with Crippen LogP contribution in [0, 0.1) is 5.41 Å². The molecule has 0 fully saturated rings. The largest absolute Gasteiger partial charge is 0.490 e. The highest BCUT2D eigenvalue weighted by Gasteiger charge is 2.72. The number of likely N-dealkylation sites (N-methyl/N-ethyl adjacent to an activating group) is 1. The molecule has 2 aliphatic rings. The molecule has 1 aliphatic heterocycles. The van der Waals surface area contributed by atoms with Gasteiger partial charge in [0.2, 0.25) is 0 Å². The van der Waals surface area contributed by atoms with E-state index >= 15 is 0 Å². The van der Waals surface area contributed by atoms with Crippen LogP contribution >= 0.6 is 0 Å². The van der Waals surface area contributed by atoms with Gasteiger partial charge in [-0.05, 0) is 23.1 Å². The Labute approximate surface area is 207 Å². The number of carboxylic acid groups (broad SMARTS) is 1. The molecule has 1 aliphatic carbocycles. The summed E-state index contributed by atoms with van der Waals surface area (Å²) >= 11 is 0. The molecular weight excluding hydrogens is 504 g/mol. The maximum Gasteiger partial charge on any atom is 0.490 e. The lowest BCUT2D eigenvalue weighted by molar-refractivity contribution is -0.227. The van der Waals surface area contributed by atoms with E-state index in [9.17, 15) is 31.1 Å². The Kier molecular flexibility index (Phi) is 7.25. The van der Waals surface area contributed by atoms with E-state index in [4.69, 9.17) is 15.6 Å². The number of carboxylic acids is 1. The maximum atomic E-state index is 14.9. The Morgan fingerprint density at radius 3 is 1.95 bits per heavy atom. The van der Waals surface area contributed by atoms with Crippen LogP contribution in [-0.2, 0) is 15.1 Å². The number of allylic oxidation sites excluding steroid dienone is 3. The van der Waals surface area contributed by atoms with Crippen LogP contribution < -0.4 is 5.73 Å². The number of halogens is 6. The molecule has 0 bridgehead atoms. The molecule has 196 valence electrons. The van der Waals surface area contributed by atoms with Crippen molar-refractivity contribution in [2.45, 2.75) is 24.3 Å². The number of hydrogen-bond donors (Lipinski definition) is 2. The second kappa shape index (κ2) is 9.75. The van der Waals surface area contributed by atoms with Crippen molar-refractivity contribution >= 4 is 23.4 Å². The summed E-state index contributed by atoms with van der Waals surface area (Å²) in [7, 11) is 1.34. The molecule has 2 atom stereocenters. The number of nitrogens with zero attached hydrogens (tertiary/aromatic N) is 2. The fourth-order valence-corrected chi connectivity index (χ4v) is 4.30. The van der Waals surface area contributed by atoms with Crippen LogP contribution in [0.25, 0.3) is 5.57 Å². The molecule has 3 N–H and O–H groups in total. The van der Waals surface area contributed by atoms with E-state index < -0.39 is 41.6 Å². The summed E-state index contributed by atoms with van der Waals surface area (Å²) < 4.78 is 76.5. The zero-order valence-electron chi connectivity index (χ0n) is 19.2. The van der Waals surface area contributed by atoms with Crippen molar-refractivity contribution in [1.29, 1.82) is 0 Å². The summed E-state index contributed by atoms with van der Waals surface area (Å²) in [6.45, 7) is 0. The molecule has 6 nitrogen and oxygen atoms in total. The van der Waals surface area contributed by atoms with E-state index in [-0.39, 0.29) is 11.5 Å². The molecule has 12 heteroatoms. The number of alkyl halides is 6. The van der Waals surface area contributed by atoms with Gasteiger partial charge in [-0.2, -0.15) is 26.3 Å². The predicted octanol–water partition coefficient (Wildman–Crippen LogP) is 4.89. The molecule has 0 saturated carbocycles. The average Bonchev–Trinajstić information content (AvgIpc) is 3.09. The Balaban J connectivity index is 0.000000479. The number of amides is 1. The quantitative estimate of drug-likeness (QED) is 0.558. The van der Waals surface area contributed by atoms with E-state index in [1.165, 1.54) is 25.3 Å². The van der Waals surface area contributed by atoms with Crippen molar-refractivity contribution in [3.05, 3.63) is 90.0 Å². The molecular formula is C25H21F6N3O3. The molecule has 2 aromatic carbocycles. The van der Waals surface area contributed by atoms with Gasteiger partial charge < -0.3 is 10.8 Å². The molecule has 1 amide bonds. The van der Waals surface area contributed by atoms with Crippen molar-refractivity contribution in [2.75, 3.05) is 7.05 Å². The van der Waals surface area contributed by atoms with Gasteiger partial charge in [0.1, 0.15) is 5.41 Å². The van der Waals surface area contributed by atoms with E-state index in [0.717, 1.165) is 11.0 Å². The Morgan fingerprint density at radius 2 is 1.51 bits per heavy atom. The third-order valence-corrected chi connectivity index (χ3v) is 6.12. The van der Waals surface area contributed by atoms with Crippen LogP contribution in [0.3, 0.4) is 0 Å². The van der Waals surface area contributed by atoms with Gasteiger partial charge in [-0.3, -0.25) is 9.69 Å². The van der Waals surface area contributed by atoms with Crippen molar-refractivity contribution in [3.63, 3.8) is 0 Å². The first-order valence-electron chi connectivity index (χ1n) is 10.7. The highest BCUT2D eigenvalue weighted by atomic mass is 19.4. The standard InChI is InChI=1S/C23H20F3N3O.C2HF3O2/c1-29-19(30)22(28-20(29)27,18-12-6-3-7-13-18)21(23(24,25)26)14-8-11-17(15-21)16-9-4-2-5-10-16;3-2(4,5)1(6)7/h2-14H,15H2,1H3,(H2,27,28);(H,6,7). The number of carbonyl (C=O) groups is 2. The summed E-state index contributed by atoms with van der Waals surface area (Å²) in [5.74, 6) is -3.80. The zero-order chi connectivity index (χ0) is 27.6. The van der Waals surface area contributed by atoms with E-state index in [1.54, 1.807) is 54.6 Å². The minimum Gasteiger partial charge on any atom is -0.475 e. The van der Waals surface area contributed by atoms with Gasteiger partial charge >= 0.3 is 18.3 Å². The fraction of sp³-hybridized carbons (Fsp3) is 0.240. The predicted molar refractivity (Wildman–Crippen MR) is 123 cm³/mol. The second-order valence-electron chi connectivity index (χ2n) is 8.28. The number of rotatable bonds is 3. The van der Waals surface area contributed by atoms with Crippen molar-refractivity contribution in [1.82, 2.24) is 4.90 Å². The lowest BCUT2D eigenvalue weighted by Gasteiger charge is -2.46. The molecule has 0 aromatic heterocycles. The Bertz CT molecular complexity index is 1260. The van der Waals surface area contributed by atoms with Gasteiger partial charge in [-0.25, -0.2) is 9.79 Å².